The highest BCUT2D eigenvalue weighted by molar-refractivity contribution is 6.55. The van der Waals surface area contributed by atoms with Crippen LogP contribution < -0.4 is 5.32 Å². The standard InChI is InChI=1S/C12H16Cl2N4O/c1-17-11(19)7-8(15-5-4-10(13)14)12(17)9-3-6-16-18(9)2/h3-4,6,8,12,15H,5,7H2,1-2H3/t8-,12-/m1/s1. The molecule has 2 rings (SSSR count). The van der Waals surface area contributed by atoms with Gasteiger partial charge in [-0.15, -0.1) is 0 Å². The van der Waals surface area contributed by atoms with Gasteiger partial charge in [-0.1, -0.05) is 23.2 Å². The van der Waals surface area contributed by atoms with E-state index in [-0.39, 0.29) is 22.5 Å². The number of carbonyl (C=O) groups excluding carboxylic acids is 1. The molecule has 1 aliphatic rings. The maximum absolute atomic E-state index is 11.9. The third-order valence-electron chi connectivity index (χ3n) is 3.38. The van der Waals surface area contributed by atoms with Gasteiger partial charge in [0.25, 0.3) is 0 Å². The fourth-order valence-electron chi connectivity index (χ4n) is 2.42. The molecule has 104 valence electrons. The summed E-state index contributed by atoms with van der Waals surface area (Å²) in [5.41, 5.74) is 1.01. The van der Waals surface area contributed by atoms with Crippen LogP contribution in [0.15, 0.2) is 22.8 Å². The number of halogens is 2. The Balaban J connectivity index is 2.15. The molecular formula is C12H16Cl2N4O. The number of nitrogens with one attached hydrogen (secondary N) is 1. The van der Waals surface area contributed by atoms with Crippen molar-refractivity contribution in [3.8, 4) is 0 Å². The second kappa shape index (κ2) is 5.94. The average Bonchev–Trinajstić information content (AvgIpc) is 2.85. The predicted octanol–water partition coefficient (Wildman–Crippen LogP) is 1.60. The number of carbonyl (C=O) groups is 1. The van der Waals surface area contributed by atoms with E-state index in [1.807, 2.05) is 20.2 Å². The van der Waals surface area contributed by atoms with E-state index in [1.54, 1.807) is 21.9 Å². The monoisotopic (exact) mass is 302 g/mol. The molecule has 0 saturated carbocycles. The second-order valence-electron chi connectivity index (χ2n) is 4.54. The highest BCUT2D eigenvalue weighted by Crippen LogP contribution is 2.31. The summed E-state index contributed by atoms with van der Waals surface area (Å²) in [6, 6.07) is 1.93. The Hall–Kier alpha value is -1.04. The Morgan fingerprint density at radius 2 is 2.32 bits per heavy atom. The van der Waals surface area contributed by atoms with Crippen molar-refractivity contribution in [3.63, 3.8) is 0 Å². The number of hydrogen-bond acceptors (Lipinski definition) is 3. The van der Waals surface area contributed by atoms with Crippen LogP contribution in [0.1, 0.15) is 18.2 Å². The maximum atomic E-state index is 11.9. The summed E-state index contributed by atoms with van der Waals surface area (Å²) < 4.78 is 2.01. The molecule has 1 saturated heterocycles. The van der Waals surface area contributed by atoms with E-state index in [1.165, 1.54) is 0 Å². The number of aryl methyl sites for hydroxylation is 1. The molecule has 7 heteroatoms. The van der Waals surface area contributed by atoms with Gasteiger partial charge in [-0.2, -0.15) is 5.10 Å². The van der Waals surface area contributed by atoms with Crippen LogP contribution in [-0.2, 0) is 11.8 Å². The largest absolute Gasteiger partial charge is 0.336 e. The third-order valence-corrected chi connectivity index (χ3v) is 3.69. The number of likely N-dealkylation sites (tertiary alicyclic amines) is 1. The van der Waals surface area contributed by atoms with Crippen molar-refractivity contribution in [3.05, 3.63) is 28.5 Å². The lowest BCUT2D eigenvalue weighted by Gasteiger charge is -2.25. The van der Waals surface area contributed by atoms with E-state index in [0.29, 0.717) is 13.0 Å². The zero-order valence-corrected chi connectivity index (χ0v) is 12.3. The summed E-state index contributed by atoms with van der Waals surface area (Å²) in [5, 5.41) is 7.45. The van der Waals surface area contributed by atoms with Gasteiger partial charge in [-0.3, -0.25) is 9.48 Å². The van der Waals surface area contributed by atoms with Crippen molar-refractivity contribution >= 4 is 29.1 Å². The molecule has 0 radical (unpaired) electrons. The van der Waals surface area contributed by atoms with Gasteiger partial charge in [-0.05, 0) is 12.1 Å². The van der Waals surface area contributed by atoms with Crippen molar-refractivity contribution in [2.75, 3.05) is 13.6 Å². The van der Waals surface area contributed by atoms with Crippen molar-refractivity contribution in [1.82, 2.24) is 20.0 Å². The van der Waals surface area contributed by atoms with Crippen LogP contribution in [0.5, 0.6) is 0 Å². The van der Waals surface area contributed by atoms with Crippen LogP contribution in [0.25, 0.3) is 0 Å². The Bertz CT molecular complexity index is 496. The molecule has 0 spiro atoms. The quantitative estimate of drug-likeness (QED) is 0.919. The van der Waals surface area contributed by atoms with Gasteiger partial charge >= 0.3 is 0 Å². The van der Waals surface area contributed by atoms with E-state index < -0.39 is 0 Å². The molecule has 1 fully saturated rings. The molecule has 19 heavy (non-hydrogen) atoms. The van der Waals surface area contributed by atoms with E-state index in [4.69, 9.17) is 23.2 Å². The van der Waals surface area contributed by atoms with Crippen LogP contribution in [0.4, 0.5) is 0 Å². The minimum absolute atomic E-state index is 0.0248. The fourth-order valence-corrected chi connectivity index (χ4v) is 2.57. The topological polar surface area (TPSA) is 50.2 Å². The molecule has 1 aliphatic heterocycles. The Kier molecular flexibility index (Phi) is 4.50. The SMILES string of the molecule is CN1C(=O)C[C@@H](NCC=C(Cl)Cl)[C@@H]1c1ccnn1C. The van der Waals surface area contributed by atoms with Gasteiger partial charge in [-0.25, -0.2) is 0 Å². The van der Waals surface area contributed by atoms with Gasteiger partial charge in [0.05, 0.1) is 11.7 Å². The summed E-state index contributed by atoms with van der Waals surface area (Å²) in [7, 11) is 3.69. The van der Waals surface area contributed by atoms with Gasteiger partial charge in [0.2, 0.25) is 5.91 Å². The molecule has 0 bridgehead atoms. The molecule has 2 atom stereocenters. The van der Waals surface area contributed by atoms with Crippen LogP contribution in [0, 0.1) is 0 Å². The lowest BCUT2D eigenvalue weighted by atomic mass is 10.1. The number of rotatable bonds is 4. The number of likely N-dealkylation sites (N-methyl/N-ethyl adjacent to an activating group) is 1. The molecule has 5 nitrogen and oxygen atoms in total. The summed E-state index contributed by atoms with van der Waals surface area (Å²) in [5.74, 6) is 0.115. The highest BCUT2D eigenvalue weighted by Gasteiger charge is 2.39. The first-order chi connectivity index (χ1) is 9.00. The number of aromatic nitrogens is 2. The molecule has 1 amide bonds. The summed E-state index contributed by atoms with van der Waals surface area (Å²) in [4.78, 5) is 13.6. The summed E-state index contributed by atoms with van der Waals surface area (Å²) >= 11 is 11.2. The third kappa shape index (κ3) is 3.11. The summed E-state index contributed by atoms with van der Waals surface area (Å²) in [6.45, 7) is 0.530. The first-order valence-electron chi connectivity index (χ1n) is 5.99. The summed E-state index contributed by atoms with van der Waals surface area (Å²) in [6.07, 6.45) is 3.87. The fraction of sp³-hybridized carbons (Fsp3) is 0.500. The molecule has 1 aromatic heterocycles. The maximum Gasteiger partial charge on any atom is 0.224 e. The van der Waals surface area contributed by atoms with Gasteiger partial charge in [0, 0.05) is 39.3 Å². The van der Waals surface area contributed by atoms with Gasteiger partial charge in [0.15, 0.2) is 0 Å². The van der Waals surface area contributed by atoms with Gasteiger partial charge in [0.1, 0.15) is 4.49 Å². The molecule has 0 aromatic carbocycles. The number of hydrogen-bond donors (Lipinski definition) is 1. The van der Waals surface area contributed by atoms with E-state index >= 15 is 0 Å². The first-order valence-corrected chi connectivity index (χ1v) is 6.74. The van der Waals surface area contributed by atoms with Crippen LogP contribution in [0.3, 0.4) is 0 Å². The second-order valence-corrected chi connectivity index (χ2v) is 5.55. The van der Waals surface area contributed by atoms with E-state index in [2.05, 4.69) is 10.4 Å². The Labute approximate surface area is 122 Å². The van der Waals surface area contributed by atoms with Crippen LogP contribution in [0.2, 0.25) is 0 Å². The zero-order valence-electron chi connectivity index (χ0n) is 10.8. The minimum atomic E-state index is -0.0255. The van der Waals surface area contributed by atoms with Crippen molar-refractivity contribution in [2.45, 2.75) is 18.5 Å². The zero-order chi connectivity index (χ0) is 14.0. The average molecular weight is 303 g/mol. The Morgan fingerprint density at radius 1 is 1.58 bits per heavy atom. The molecule has 0 unspecified atom stereocenters. The molecule has 1 aromatic rings. The predicted molar refractivity (Wildman–Crippen MR) is 74.9 cm³/mol. The van der Waals surface area contributed by atoms with Crippen molar-refractivity contribution in [2.24, 2.45) is 7.05 Å². The first kappa shape index (κ1) is 14.4. The van der Waals surface area contributed by atoms with E-state index in [9.17, 15) is 4.79 Å². The minimum Gasteiger partial charge on any atom is -0.336 e. The van der Waals surface area contributed by atoms with Crippen LogP contribution >= 0.6 is 23.2 Å². The lowest BCUT2D eigenvalue weighted by molar-refractivity contribution is -0.127. The molecule has 1 N–H and O–H groups in total. The number of nitrogens with zero attached hydrogens (tertiary/aromatic N) is 3. The van der Waals surface area contributed by atoms with Gasteiger partial charge < -0.3 is 10.2 Å². The highest BCUT2D eigenvalue weighted by atomic mass is 35.5. The normalized spacial score (nSPS) is 22.9. The molecular weight excluding hydrogens is 287 g/mol. The lowest BCUT2D eigenvalue weighted by Crippen LogP contribution is -2.36. The molecule has 0 aliphatic carbocycles. The smallest absolute Gasteiger partial charge is 0.224 e. The van der Waals surface area contributed by atoms with E-state index in [0.717, 1.165) is 5.69 Å². The molecule has 2 heterocycles. The van der Waals surface area contributed by atoms with Crippen molar-refractivity contribution in [1.29, 1.82) is 0 Å². The van der Waals surface area contributed by atoms with Crippen LogP contribution in [-0.4, -0.2) is 40.2 Å². The number of amides is 1. The Morgan fingerprint density at radius 3 is 2.89 bits per heavy atom. The van der Waals surface area contributed by atoms with Crippen molar-refractivity contribution < 1.29 is 4.79 Å².